The fraction of sp³-hybridized carbons (Fsp3) is 0.500. The largest absolute Gasteiger partial charge is 0.307 e. The first-order valence-electron chi connectivity index (χ1n) is 33.8. The second-order valence-electron chi connectivity index (χ2n) is 32.3. The van der Waals surface area contributed by atoms with Gasteiger partial charge in [-0.2, -0.15) is 0 Å². The van der Waals surface area contributed by atoms with Crippen LogP contribution in [0.25, 0.3) is 104 Å². The summed E-state index contributed by atoms with van der Waals surface area (Å²) in [7, 11) is 0. The molecule has 15 aliphatic carbocycles. The van der Waals surface area contributed by atoms with Gasteiger partial charge >= 0.3 is 0 Å². The van der Waals surface area contributed by atoms with Crippen LogP contribution < -0.4 is 0 Å². The summed E-state index contributed by atoms with van der Waals surface area (Å²) in [5.41, 5.74) is 29.6. The molecule has 3 aromatic carbocycles. The molecule has 9 fully saturated rings. The first-order valence-corrected chi connectivity index (χ1v) is 33.8. The number of nitrogens with zero attached hydrogens (tertiary/aromatic N) is 7. The van der Waals surface area contributed by atoms with Crippen LogP contribution in [0.1, 0.15) is 225 Å². The van der Waals surface area contributed by atoms with Gasteiger partial charge in [0.05, 0.1) is 74.6 Å². The lowest BCUT2D eigenvalue weighted by molar-refractivity contribution is -0.146. The van der Waals surface area contributed by atoms with Gasteiger partial charge in [0.15, 0.2) is 0 Å². The Morgan fingerprint density at radius 2 is 0.855 bits per heavy atom. The SMILES string of the molecule is Cc1cc(C)c(-n2c3c(cc4c5c6c(ncc5n5c7cnc8c(c7c3c45)C3CC4CC(CC8C4)C3)C3CC4CC(C3)CC6C4)c3cc4c5c6c(ncc5n5c7cnc8c(c7c(c32)c45)C2CC3CC8CC2C3)C2CC3CC4CC6C34C2)c(C)c1. The summed E-state index contributed by atoms with van der Waals surface area (Å²) < 4.78 is 8.53. The molecule has 13 unspecified atom stereocenters. The fourth-order valence-electron chi connectivity index (χ4n) is 27.0. The second-order valence-corrected chi connectivity index (χ2v) is 32.3. The number of pyridine rings is 4. The molecule has 0 radical (unpaired) electrons. The maximum absolute atomic E-state index is 5.82. The van der Waals surface area contributed by atoms with E-state index >= 15 is 0 Å². The quantitative estimate of drug-likeness (QED) is 0.164. The number of rotatable bonds is 1. The molecule has 9 heterocycles. The van der Waals surface area contributed by atoms with Gasteiger partial charge in [-0.1, -0.05) is 17.7 Å². The van der Waals surface area contributed by atoms with Crippen LogP contribution in [0.5, 0.6) is 0 Å². The molecule has 408 valence electrons. The van der Waals surface area contributed by atoms with Crippen LogP contribution in [0, 0.1) is 73.5 Å². The van der Waals surface area contributed by atoms with Crippen molar-refractivity contribution in [2.75, 3.05) is 0 Å². The van der Waals surface area contributed by atoms with E-state index in [0.717, 1.165) is 47.3 Å². The van der Waals surface area contributed by atoms with E-state index < -0.39 is 0 Å². The molecule has 0 aliphatic heterocycles. The zero-order chi connectivity index (χ0) is 53.0. The van der Waals surface area contributed by atoms with Gasteiger partial charge in [-0.05, 0) is 258 Å². The number of benzene rings is 3. The molecule has 13 atom stereocenters. The van der Waals surface area contributed by atoms with E-state index in [-0.39, 0.29) is 0 Å². The lowest BCUT2D eigenvalue weighted by Gasteiger charge is -2.68. The summed E-state index contributed by atoms with van der Waals surface area (Å²) >= 11 is 0. The van der Waals surface area contributed by atoms with Gasteiger partial charge in [0.2, 0.25) is 0 Å². The number of aromatic nitrogens is 7. The number of hydrogen-bond acceptors (Lipinski definition) is 4. The third kappa shape index (κ3) is 4.54. The van der Waals surface area contributed by atoms with Crippen molar-refractivity contribution in [1.82, 2.24) is 33.3 Å². The summed E-state index contributed by atoms with van der Waals surface area (Å²) in [4.78, 5) is 23.1. The van der Waals surface area contributed by atoms with E-state index in [0.29, 0.717) is 52.8 Å². The fourth-order valence-corrected chi connectivity index (χ4v) is 27.0. The topological polar surface area (TPSA) is 65.3 Å². The zero-order valence-corrected chi connectivity index (χ0v) is 48.2. The molecule has 7 nitrogen and oxygen atoms in total. The Labute approximate surface area is 481 Å². The molecule has 7 heteroatoms. The maximum Gasteiger partial charge on any atom is 0.0729 e. The molecule has 13 bridgehead atoms. The molecule has 0 saturated heterocycles. The van der Waals surface area contributed by atoms with Gasteiger partial charge in [-0.3, -0.25) is 19.9 Å². The van der Waals surface area contributed by atoms with Gasteiger partial charge in [-0.15, -0.1) is 0 Å². The summed E-state index contributed by atoms with van der Waals surface area (Å²) in [6.45, 7) is 7.21. The van der Waals surface area contributed by atoms with Gasteiger partial charge in [0.1, 0.15) is 0 Å². The van der Waals surface area contributed by atoms with Crippen LogP contribution in [0.15, 0.2) is 49.1 Å². The van der Waals surface area contributed by atoms with Crippen LogP contribution in [0.3, 0.4) is 0 Å². The average molecular weight is 1080 g/mol. The Balaban J connectivity index is 0.948. The third-order valence-corrected chi connectivity index (χ3v) is 28.9. The summed E-state index contributed by atoms with van der Waals surface area (Å²) in [5, 5.41) is 15.1. The standard InChI is InChI=1S/C76H69N7/c1-30-4-31(2)71(32(3)5-30)83-72-48(23-50-59-53(26-77-67-41-13-33-6-34(14-41)10-39(9-33)57(59)67)81-55-28-78-68-42-15-35-7-36(16-42)12-40(11-35)58(68)63(55)65(72)74(50)81)49-24-51-60-54(27-80-70-44-20-45-21-46-22-52(62(60)70)76(45,46)25-44)82-56-29-79-69-43-17-37-8-38(19-43)47(18-37)61(69)64(56)66(73(49)83)75(51)82/h4-5,23-24,26-29,33-47,52H,6-22,25H2,1-3H3. The van der Waals surface area contributed by atoms with Crippen molar-refractivity contribution in [2.45, 2.75) is 184 Å². The van der Waals surface area contributed by atoms with Crippen LogP contribution in [-0.4, -0.2) is 33.3 Å². The van der Waals surface area contributed by atoms with Crippen molar-refractivity contribution < 1.29 is 0 Å². The highest BCUT2D eigenvalue weighted by Crippen LogP contribution is 2.82. The van der Waals surface area contributed by atoms with E-state index in [4.69, 9.17) is 19.9 Å². The van der Waals surface area contributed by atoms with Gasteiger partial charge in [0, 0.05) is 100 Å². The smallest absolute Gasteiger partial charge is 0.0729 e. The maximum atomic E-state index is 5.82. The highest BCUT2D eigenvalue weighted by Gasteiger charge is 2.72. The van der Waals surface area contributed by atoms with Gasteiger partial charge in [-0.25, -0.2) is 0 Å². The summed E-state index contributed by atoms with van der Waals surface area (Å²) in [6, 6.07) is 10.7. The normalized spacial score (nSPS) is 36.8. The minimum atomic E-state index is 0.515. The highest BCUT2D eigenvalue weighted by molar-refractivity contribution is 6.40. The zero-order valence-electron chi connectivity index (χ0n) is 48.2. The molecule has 0 amide bonds. The molecule has 1 spiro atoms. The van der Waals surface area contributed by atoms with Gasteiger partial charge < -0.3 is 13.4 Å². The molecule has 83 heavy (non-hydrogen) atoms. The second kappa shape index (κ2) is 13.5. The van der Waals surface area contributed by atoms with Crippen molar-refractivity contribution in [2.24, 2.45) is 52.8 Å². The van der Waals surface area contributed by atoms with Gasteiger partial charge in [0.25, 0.3) is 0 Å². The number of hydrogen-bond donors (Lipinski definition) is 0. The lowest BCUT2D eigenvalue weighted by atomic mass is 9.36. The summed E-state index contributed by atoms with van der Waals surface area (Å²) in [5.74, 6) is 11.3. The highest BCUT2D eigenvalue weighted by atomic mass is 15.0. The Hall–Kier alpha value is -6.34. The van der Waals surface area contributed by atoms with Crippen molar-refractivity contribution >= 4 is 98.0 Å². The molecule has 9 aromatic heterocycles. The average Bonchev–Trinajstić information content (AvgIpc) is 1.61. The van der Waals surface area contributed by atoms with Crippen LogP contribution >= 0.6 is 0 Å². The van der Waals surface area contributed by atoms with E-state index in [1.807, 2.05) is 0 Å². The minimum Gasteiger partial charge on any atom is -0.307 e. The Bertz CT molecular complexity index is 5150. The molecule has 27 rings (SSSR count). The molecule has 0 N–H and O–H groups in total. The first-order chi connectivity index (χ1) is 40.8. The van der Waals surface area contributed by atoms with E-state index in [1.54, 1.807) is 38.4 Å². The van der Waals surface area contributed by atoms with Crippen molar-refractivity contribution in [3.8, 4) is 5.69 Å². The molecule has 9 saturated carbocycles. The van der Waals surface area contributed by atoms with Crippen molar-refractivity contribution in [3.63, 3.8) is 0 Å². The van der Waals surface area contributed by atoms with Crippen LogP contribution in [0.2, 0.25) is 0 Å². The lowest BCUT2D eigenvalue weighted by Crippen LogP contribution is -2.59. The molecular formula is C76H69N7. The Morgan fingerprint density at radius 1 is 0.386 bits per heavy atom. The number of fused-ring (bicyclic) bond motifs is 28. The predicted molar refractivity (Wildman–Crippen MR) is 331 cm³/mol. The molecule has 15 aliphatic rings. The van der Waals surface area contributed by atoms with Crippen molar-refractivity contribution in [3.05, 3.63) is 111 Å². The third-order valence-electron chi connectivity index (χ3n) is 28.9. The number of aryl methyl sites for hydroxylation is 3. The first kappa shape index (κ1) is 43.3. The van der Waals surface area contributed by atoms with Crippen LogP contribution in [0.4, 0.5) is 0 Å². The Kier molecular flexibility index (Phi) is 7.05. The minimum absolute atomic E-state index is 0.515. The molecule has 12 aromatic rings. The van der Waals surface area contributed by atoms with E-state index in [2.05, 4.69) is 83.2 Å². The van der Waals surface area contributed by atoms with Crippen molar-refractivity contribution in [1.29, 1.82) is 0 Å². The van der Waals surface area contributed by atoms with E-state index in [1.165, 1.54) is 243 Å². The summed E-state index contributed by atoms with van der Waals surface area (Å²) in [6.07, 6.45) is 34.0. The van der Waals surface area contributed by atoms with Crippen LogP contribution in [-0.2, 0) is 0 Å². The molecular weight excluding hydrogens is 1010 g/mol. The Morgan fingerprint density at radius 3 is 1.43 bits per heavy atom. The monoisotopic (exact) mass is 1080 g/mol. The van der Waals surface area contributed by atoms with E-state index in [9.17, 15) is 0 Å². The predicted octanol–water partition coefficient (Wildman–Crippen LogP) is 18.4.